The number of imide groups is 2. The lowest BCUT2D eigenvalue weighted by molar-refractivity contribution is -0.136. The summed E-state index contributed by atoms with van der Waals surface area (Å²) in [5.74, 6) is -1.90. The van der Waals surface area contributed by atoms with Crippen LogP contribution in [-0.4, -0.2) is 77.9 Å². The first-order valence-electron chi connectivity index (χ1n) is 9.94. The van der Waals surface area contributed by atoms with Crippen molar-refractivity contribution < 1.29 is 23.9 Å². The van der Waals surface area contributed by atoms with Gasteiger partial charge in [-0.05, 0) is 18.1 Å². The molecule has 9 nitrogen and oxygen atoms in total. The summed E-state index contributed by atoms with van der Waals surface area (Å²) < 4.78 is 5.81. The lowest BCUT2D eigenvalue weighted by Crippen LogP contribution is -2.54. The fraction of sp³-hybridized carbons (Fsp3) is 0.500. The Morgan fingerprint density at radius 1 is 1.10 bits per heavy atom. The standard InChI is InChI=1S/C20H22N4O5/c25-16-5-4-14(18(26)22-16)24-19(27)12-3-1-2-11(17(12)20(24)28)8-23-9-13-15(10-23)29-7-6-21-13/h1-3,13-15,21H,4-10H2,(H,22,25,26). The third-order valence-electron chi connectivity index (χ3n) is 6.13. The van der Waals surface area contributed by atoms with E-state index < -0.39 is 23.8 Å². The molecule has 3 fully saturated rings. The Balaban J connectivity index is 1.39. The molecule has 152 valence electrons. The maximum atomic E-state index is 13.2. The Labute approximate surface area is 167 Å². The summed E-state index contributed by atoms with van der Waals surface area (Å²) in [5.41, 5.74) is 1.46. The van der Waals surface area contributed by atoms with Crippen molar-refractivity contribution in [2.45, 2.75) is 37.6 Å². The fourth-order valence-electron chi connectivity index (χ4n) is 4.76. The van der Waals surface area contributed by atoms with E-state index in [2.05, 4.69) is 15.5 Å². The summed E-state index contributed by atoms with van der Waals surface area (Å²) in [6, 6.07) is 4.58. The molecule has 2 N–H and O–H groups in total. The van der Waals surface area contributed by atoms with Gasteiger partial charge in [0.2, 0.25) is 11.8 Å². The Bertz CT molecular complexity index is 902. The van der Waals surface area contributed by atoms with E-state index in [1.807, 2.05) is 6.07 Å². The molecular weight excluding hydrogens is 376 g/mol. The quantitative estimate of drug-likeness (QED) is 0.646. The maximum Gasteiger partial charge on any atom is 0.262 e. The van der Waals surface area contributed by atoms with Crippen LogP contribution in [0.3, 0.4) is 0 Å². The van der Waals surface area contributed by atoms with Gasteiger partial charge in [-0.15, -0.1) is 0 Å². The average molecular weight is 398 g/mol. The van der Waals surface area contributed by atoms with Crippen molar-refractivity contribution in [3.8, 4) is 0 Å². The summed E-state index contributed by atoms with van der Waals surface area (Å²) >= 11 is 0. The molecular formula is C20H22N4O5. The van der Waals surface area contributed by atoms with Crippen molar-refractivity contribution in [1.82, 2.24) is 20.4 Å². The number of carbonyl (C=O) groups is 4. The summed E-state index contributed by atoms with van der Waals surface area (Å²) in [6.07, 6.45) is 0.405. The second-order valence-electron chi connectivity index (χ2n) is 7.95. The first-order chi connectivity index (χ1) is 14.0. The van der Waals surface area contributed by atoms with Crippen LogP contribution in [0.2, 0.25) is 0 Å². The first-order valence-corrected chi connectivity index (χ1v) is 9.94. The van der Waals surface area contributed by atoms with Crippen LogP contribution in [0.1, 0.15) is 39.1 Å². The highest BCUT2D eigenvalue weighted by atomic mass is 16.5. The molecule has 3 unspecified atom stereocenters. The van der Waals surface area contributed by atoms with E-state index in [-0.39, 0.29) is 30.9 Å². The average Bonchev–Trinajstić information content (AvgIpc) is 3.22. The topological polar surface area (TPSA) is 108 Å². The molecule has 0 radical (unpaired) electrons. The SMILES string of the molecule is O=C1CCC(N2C(=O)c3cccc(CN4CC5NCCOC5C4)c3C2=O)C(=O)N1. The van der Waals surface area contributed by atoms with E-state index in [4.69, 9.17) is 4.74 Å². The largest absolute Gasteiger partial charge is 0.374 e. The fourth-order valence-corrected chi connectivity index (χ4v) is 4.76. The molecule has 4 heterocycles. The lowest BCUT2D eigenvalue weighted by atomic mass is 10.0. The van der Waals surface area contributed by atoms with Crippen molar-refractivity contribution in [2.75, 3.05) is 26.2 Å². The van der Waals surface area contributed by atoms with Crippen LogP contribution in [0, 0.1) is 0 Å². The summed E-state index contributed by atoms with van der Waals surface area (Å²) in [7, 11) is 0. The zero-order valence-electron chi connectivity index (χ0n) is 15.8. The number of likely N-dealkylation sites (tertiary alicyclic amines) is 1. The van der Waals surface area contributed by atoms with Crippen LogP contribution >= 0.6 is 0 Å². The molecule has 0 saturated carbocycles. The number of hydrogen-bond donors (Lipinski definition) is 2. The molecule has 3 atom stereocenters. The predicted molar refractivity (Wildman–Crippen MR) is 99.9 cm³/mol. The van der Waals surface area contributed by atoms with E-state index in [0.29, 0.717) is 24.3 Å². The van der Waals surface area contributed by atoms with Crippen LogP contribution in [0.25, 0.3) is 0 Å². The summed E-state index contributed by atoms with van der Waals surface area (Å²) in [5, 5.41) is 5.68. The zero-order chi connectivity index (χ0) is 20.1. The van der Waals surface area contributed by atoms with Gasteiger partial charge in [0.05, 0.1) is 23.8 Å². The van der Waals surface area contributed by atoms with Crippen molar-refractivity contribution in [3.05, 3.63) is 34.9 Å². The number of nitrogens with one attached hydrogen (secondary N) is 2. The van der Waals surface area contributed by atoms with Gasteiger partial charge in [0.25, 0.3) is 11.8 Å². The van der Waals surface area contributed by atoms with E-state index in [0.717, 1.165) is 30.1 Å². The molecule has 0 bridgehead atoms. The number of amides is 4. The van der Waals surface area contributed by atoms with Gasteiger partial charge in [0.15, 0.2) is 0 Å². The zero-order valence-corrected chi connectivity index (χ0v) is 15.8. The second-order valence-corrected chi connectivity index (χ2v) is 7.95. The van der Waals surface area contributed by atoms with Crippen LogP contribution in [0.5, 0.6) is 0 Å². The second kappa shape index (κ2) is 7.01. The number of morpholine rings is 1. The smallest absolute Gasteiger partial charge is 0.262 e. The predicted octanol–water partition coefficient (Wildman–Crippen LogP) is -0.740. The van der Waals surface area contributed by atoms with E-state index in [1.54, 1.807) is 12.1 Å². The Morgan fingerprint density at radius 2 is 1.97 bits per heavy atom. The lowest BCUT2D eigenvalue weighted by Gasteiger charge is -2.28. The van der Waals surface area contributed by atoms with Gasteiger partial charge in [0.1, 0.15) is 6.04 Å². The molecule has 0 aromatic heterocycles. The van der Waals surface area contributed by atoms with Gasteiger partial charge in [-0.3, -0.25) is 34.3 Å². The minimum Gasteiger partial charge on any atom is -0.374 e. The summed E-state index contributed by atoms with van der Waals surface area (Å²) in [6.45, 7) is 3.64. The van der Waals surface area contributed by atoms with Gasteiger partial charge in [-0.2, -0.15) is 0 Å². The molecule has 29 heavy (non-hydrogen) atoms. The van der Waals surface area contributed by atoms with Gasteiger partial charge < -0.3 is 10.1 Å². The molecule has 5 rings (SSSR count). The third-order valence-corrected chi connectivity index (χ3v) is 6.13. The number of ether oxygens (including phenoxy) is 1. The molecule has 4 aliphatic rings. The number of benzene rings is 1. The minimum absolute atomic E-state index is 0.111. The highest BCUT2D eigenvalue weighted by Gasteiger charge is 2.46. The molecule has 4 aliphatic heterocycles. The van der Waals surface area contributed by atoms with Crippen LogP contribution in [-0.2, 0) is 20.9 Å². The number of piperidine rings is 1. The van der Waals surface area contributed by atoms with Gasteiger partial charge in [-0.25, -0.2) is 0 Å². The number of fused-ring (bicyclic) bond motifs is 2. The van der Waals surface area contributed by atoms with Crippen molar-refractivity contribution in [3.63, 3.8) is 0 Å². The number of rotatable bonds is 3. The molecule has 9 heteroatoms. The minimum atomic E-state index is -0.944. The molecule has 1 aromatic rings. The highest BCUT2D eigenvalue weighted by molar-refractivity contribution is 6.24. The van der Waals surface area contributed by atoms with E-state index in [9.17, 15) is 19.2 Å². The van der Waals surface area contributed by atoms with Gasteiger partial charge in [0, 0.05) is 38.6 Å². The van der Waals surface area contributed by atoms with Gasteiger partial charge in [-0.1, -0.05) is 12.1 Å². The first kappa shape index (κ1) is 18.4. The summed E-state index contributed by atoms with van der Waals surface area (Å²) in [4.78, 5) is 53.0. The highest BCUT2D eigenvalue weighted by Crippen LogP contribution is 2.31. The van der Waals surface area contributed by atoms with Crippen LogP contribution in [0.15, 0.2) is 18.2 Å². The number of carbonyl (C=O) groups excluding carboxylic acids is 4. The number of hydrogen-bond acceptors (Lipinski definition) is 7. The molecule has 0 aliphatic carbocycles. The normalized spacial score (nSPS) is 29.8. The van der Waals surface area contributed by atoms with Crippen molar-refractivity contribution >= 4 is 23.6 Å². The Morgan fingerprint density at radius 3 is 2.76 bits per heavy atom. The molecule has 3 saturated heterocycles. The maximum absolute atomic E-state index is 13.2. The Hall–Kier alpha value is -2.62. The van der Waals surface area contributed by atoms with Crippen molar-refractivity contribution in [2.24, 2.45) is 0 Å². The molecule has 1 aromatic carbocycles. The molecule has 0 spiro atoms. The van der Waals surface area contributed by atoms with E-state index in [1.165, 1.54) is 0 Å². The third kappa shape index (κ3) is 3.06. The van der Waals surface area contributed by atoms with Crippen molar-refractivity contribution in [1.29, 1.82) is 0 Å². The van der Waals surface area contributed by atoms with Crippen LogP contribution in [0.4, 0.5) is 0 Å². The monoisotopic (exact) mass is 398 g/mol. The molecule has 4 amide bonds. The van der Waals surface area contributed by atoms with Crippen LogP contribution < -0.4 is 10.6 Å². The van der Waals surface area contributed by atoms with E-state index >= 15 is 0 Å². The van der Waals surface area contributed by atoms with Gasteiger partial charge >= 0.3 is 0 Å². The Kier molecular flexibility index (Phi) is 4.45. The number of nitrogens with zero attached hydrogens (tertiary/aromatic N) is 2.